The van der Waals surface area contributed by atoms with Crippen molar-refractivity contribution in [2.24, 2.45) is 0 Å². The van der Waals surface area contributed by atoms with Crippen LogP contribution in [0.3, 0.4) is 0 Å². The minimum atomic E-state index is -3.97. The van der Waals surface area contributed by atoms with Gasteiger partial charge < -0.3 is 5.32 Å². The third kappa shape index (κ3) is 4.91. The Balaban J connectivity index is 1.33. The van der Waals surface area contributed by atoms with Gasteiger partial charge in [0.15, 0.2) is 0 Å². The Kier molecular flexibility index (Phi) is 6.40. The highest BCUT2D eigenvalue weighted by molar-refractivity contribution is 7.93. The Hall–Kier alpha value is -3.86. The van der Waals surface area contributed by atoms with E-state index in [1.165, 1.54) is 30.3 Å². The molecule has 8 nitrogen and oxygen atoms in total. The molecule has 0 aliphatic carbocycles. The fraction of sp³-hybridized carbons (Fsp3) is 0.0385. The molecule has 1 aliphatic heterocycles. The van der Waals surface area contributed by atoms with Gasteiger partial charge in [-0.25, -0.2) is 16.8 Å². The van der Waals surface area contributed by atoms with Crippen molar-refractivity contribution >= 4 is 54.6 Å². The van der Waals surface area contributed by atoms with Crippen molar-refractivity contribution < 1.29 is 21.6 Å². The van der Waals surface area contributed by atoms with E-state index in [-0.39, 0.29) is 9.79 Å². The smallest absolute Gasteiger partial charge is 0.265 e. The number of amides is 1. The topological polar surface area (TPSA) is 113 Å². The van der Waals surface area contributed by atoms with Gasteiger partial charge in [-0.15, -0.1) is 0 Å². The lowest BCUT2D eigenvalue weighted by molar-refractivity contribution is -0.114. The van der Waals surface area contributed by atoms with E-state index in [0.717, 1.165) is 4.31 Å². The summed E-state index contributed by atoms with van der Waals surface area (Å²) in [6.45, 7) is -0.453. The molecule has 0 spiro atoms. The first-order chi connectivity index (χ1) is 17.6. The second-order valence-corrected chi connectivity index (χ2v) is 12.2. The molecular formula is C26H20ClN3O5S2. The van der Waals surface area contributed by atoms with E-state index >= 15 is 0 Å². The Morgan fingerprint density at radius 2 is 1.38 bits per heavy atom. The fourth-order valence-corrected chi connectivity index (χ4v) is 6.87. The van der Waals surface area contributed by atoms with Crippen molar-refractivity contribution in [3.05, 3.63) is 102 Å². The van der Waals surface area contributed by atoms with E-state index in [1.54, 1.807) is 54.6 Å². The number of benzene rings is 4. The third-order valence-corrected chi connectivity index (χ3v) is 9.22. The number of hydrogen-bond acceptors (Lipinski definition) is 5. The van der Waals surface area contributed by atoms with Gasteiger partial charge in [0.2, 0.25) is 5.91 Å². The zero-order valence-corrected chi connectivity index (χ0v) is 21.5. The van der Waals surface area contributed by atoms with E-state index in [4.69, 9.17) is 11.6 Å². The minimum absolute atomic E-state index is 0.00964. The molecule has 4 aromatic carbocycles. The summed E-state index contributed by atoms with van der Waals surface area (Å²) in [6.07, 6.45) is 0. The first-order valence-corrected chi connectivity index (χ1v) is 14.3. The van der Waals surface area contributed by atoms with Crippen molar-refractivity contribution in [3.63, 3.8) is 0 Å². The lowest BCUT2D eigenvalue weighted by Crippen LogP contribution is -2.40. The monoisotopic (exact) mass is 553 g/mol. The Morgan fingerprint density at radius 3 is 2.08 bits per heavy atom. The molecule has 1 amide bonds. The molecule has 0 saturated carbocycles. The molecule has 0 unspecified atom stereocenters. The van der Waals surface area contributed by atoms with E-state index in [2.05, 4.69) is 10.0 Å². The van der Waals surface area contributed by atoms with Gasteiger partial charge in [-0.1, -0.05) is 48.0 Å². The second-order valence-electron chi connectivity index (χ2n) is 8.21. The summed E-state index contributed by atoms with van der Waals surface area (Å²) < 4.78 is 55.6. The summed E-state index contributed by atoms with van der Waals surface area (Å²) >= 11 is 5.84. The van der Waals surface area contributed by atoms with Gasteiger partial charge >= 0.3 is 0 Å². The predicted octanol–water partition coefficient (Wildman–Crippen LogP) is 4.96. The van der Waals surface area contributed by atoms with Crippen LogP contribution in [0.1, 0.15) is 0 Å². The summed E-state index contributed by atoms with van der Waals surface area (Å²) in [7, 11) is -7.83. The normalized spacial score (nSPS) is 13.8. The molecule has 5 rings (SSSR count). The van der Waals surface area contributed by atoms with Gasteiger partial charge in [0.1, 0.15) is 6.54 Å². The maximum atomic E-state index is 13.3. The SMILES string of the molecule is O=C(CN1c2ccccc2-c2ccccc2S1(=O)=O)Nc1ccc(S(=O)(=O)Nc2ccc(Cl)cc2)cc1. The number of nitrogens with one attached hydrogen (secondary N) is 2. The van der Waals surface area contributed by atoms with Crippen molar-refractivity contribution in [1.29, 1.82) is 0 Å². The van der Waals surface area contributed by atoms with Gasteiger partial charge in [-0.3, -0.25) is 13.8 Å². The summed E-state index contributed by atoms with van der Waals surface area (Å²) in [5, 5.41) is 3.12. The highest BCUT2D eigenvalue weighted by Gasteiger charge is 2.35. The first-order valence-electron chi connectivity index (χ1n) is 11.0. The quantitative estimate of drug-likeness (QED) is 0.350. The molecule has 1 heterocycles. The maximum absolute atomic E-state index is 13.3. The summed E-state index contributed by atoms with van der Waals surface area (Å²) in [5.41, 5.74) is 2.37. The number of nitrogens with zero attached hydrogens (tertiary/aromatic N) is 1. The highest BCUT2D eigenvalue weighted by Crippen LogP contribution is 2.42. The lowest BCUT2D eigenvalue weighted by Gasteiger charge is -2.31. The van der Waals surface area contributed by atoms with Crippen LogP contribution in [0.4, 0.5) is 17.1 Å². The van der Waals surface area contributed by atoms with Gasteiger partial charge in [0.05, 0.1) is 15.5 Å². The molecule has 11 heteroatoms. The van der Waals surface area contributed by atoms with E-state index in [1.807, 2.05) is 12.1 Å². The van der Waals surface area contributed by atoms with Crippen LogP contribution < -0.4 is 14.3 Å². The van der Waals surface area contributed by atoms with Gasteiger partial charge in [-0.05, 0) is 60.7 Å². The Labute approximate surface area is 219 Å². The molecule has 188 valence electrons. The molecule has 4 aromatic rings. The van der Waals surface area contributed by atoms with Crippen LogP contribution >= 0.6 is 11.6 Å². The highest BCUT2D eigenvalue weighted by atomic mass is 35.5. The summed E-state index contributed by atoms with van der Waals surface area (Å²) in [4.78, 5) is 13.0. The molecule has 0 radical (unpaired) electrons. The molecule has 0 fully saturated rings. The van der Waals surface area contributed by atoms with E-state index in [9.17, 15) is 21.6 Å². The third-order valence-electron chi connectivity index (χ3n) is 5.75. The molecule has 1 aliphatic rings. The number of hydrogen-bond donors (Lipinski definition) is 2. The van der Waals surface area contributed by atoms with E-state index < -0.39 is 32.5 Å². The lowest BCUT2D eigenvalue weighted by atomic mass is 10.0. The predicted molar refractivity (Wildman–Crippen MR) is 144 cm³/mol. The number of rotatable bonds is 6. The van der Waals surface area contributed by atoms with Crippen LogP contribution in [0.25, 0.3) is 11.1 Å². The fourth-order valence-electron chi connectivity index (χ4n) is 4.03. The number of sulfonamides is 2. The summed E-state index contributed by atoms with van der Waals surface area (Å²) in [6, 6.07) is 25.4. The molecule has 37 heavy (non-hydrogen) atoms. The summed E-state index contributed by atoms with van der Waals surface area (Å²) in [5.74, 6) is -0.576. The second kappa shape index (κ2) is 9.55. The zero-order chi connectivity index (χ0) is 26.2. The average Bonchev–Trinajstić information content (AvgIpc) is 2.88. The standard InChI is InChI=1S/C26H20ClN3O5S2/c27-18-9-11-20(12-10-18)29-36(32,33)21-15-13-19(14-16-21)28-26(31)17-30-24-7-3-1-5-22(24)23-6-2-4-8-25(23)37(30,34)35/h1-16,29H,17H2,(H,28,31). The van der Waals surface area contributed by atoms with Gasteiger partial charge in [0.25, 0.3) is 20.0 Å². The number of carbonyl (C=O) groups excluding carboxylic acids is 1. The largest absolute Gasteiger partial charge is 0.325 e. The van der Waals surface area contributed by atoms with Gasteiger partial charge in [-0.2, -0.15) is 0 Å². The van der Waals surface area contributed by atoms with Crippen LogP contribution in [0.15, 0.2) is 107 Å². The van der Waals surface area contributed by atoms with E-state index in [0.29, 0.717) is 33.2 Å². The van der Waals surface area contributed by atoms with Crippen LogP contribution in [-0.4, -0.2) is 29.3 Å². The molecule has 0 saturated heterocycles. The number of fused-ring (bicyclic) bond motifs is 3. The average molecular weight is 554 g/mol. The van der Waals surface area contributed by atoms with Crippen molar-refractivity contribution in [1.82, 2.24) is 0 Å². The number of para-hydroxylation sites is 1. The van der Waals surface area contributed by atoms with Crippen LogP contribution in [0.5, 0.6) is 0 Å². The number of carbonyl (C=O) groups is 1. The molecule has 0 atom stereocenters. The Bertz CT molecular complexity index is 1710. The minimum Gasteiger partial charge on any atom is -0.325 e. The van der Waals surface area contributed by atoms with Crippen molar-refractivity contribution in [3.8, 4) is 11.1 Å². The molecular weight excluding hydrogens is 534 g/mol. The maximum Gasteiger partial charge on any atom is 0.265 e. The van der Waals surface area contributed by atoms with Crippen molar-refractivity contribution in [2.45, 2.75) is 9.79 Å². The Morgan fingerprint density at radius 1 is 0.784 bits per heavy atom. The number of anilines is 3. The number of halogens is 1. The van der Waals surface area contributed by atoms with Crippen LogP contribution in [0, 0.1) is 0 Å². The molecule has 2 N–H and O–H groups in total. The molecule has 0 aromatic heterocycles. The van der Waals surface area contributed by atoms with Gasteiger partial charge in [0, 0.05) is 27.5 Å². The molecule has 0 bridgehead atoms. The van der Waals surface area contributed by atoms with Crippen molar-refractivity contribution in [2.75, 3.05) is 20.9 Å². The zero-order valence-electron chi connectivity index (χ0n) is 19.1. The van der Waals surface area contributed by atoms with Crippen LogP contribution in [0.2, 0.25) is 5.02 Å². The van der Waals surface area contributed by atoms with Crippen LogP contribution in [-0.2, 0) is 24.8 Å². The first kappa shape index (κ1) is 24.8.